The number of carbonyl (C=O) groups excluding carboxylic acids is 2. The molecule has 1 amide bonds. The molecule has 1 heterocycles. The van der Waals surface area contributed by atoms with Gasteiger partial charge < -0.3 is 14.2 Å². The molecule has 1 aromatic rings. The minimum Gasteiger partial charge on any atom is -0.464 e. The van der Waals surface area contributed by atoms with Crippen molar-refractivity contribution in [2.45, 2.75) is 39.0 Å². The van der Waals surface area contributed by atoms with Gasteiger partial charge in [0.15, 0.2) is 0 Å². The molecule has 6 heteroatoms. The molecule has 0 spiro atoms. The van der Waals surface area contributed by atoms with Crippen molar-refractivity contribution in [2.24, 2.45) is 0 Å². The fourth-order valence-electron chi connectivity index (χ4n) is 2.62. The topological polar surface area (TPSA) is 65.1 Å². The molecule has 0 bridgehead atoms. The van der Waals surface area contributed by atoms with Gasteiger partial charge in [-0.05, 0) is 19.4 Å². The van der Waals surface area contributed by atoms with Crippen LogP contribution < -0.4 is 0 Å². The van der Waals surface area contributed by atoms with Crippen LogP contribution in [0, 0.1) is 0 Å². The maximum absolute atomic E-state index is 12.3. The average molecular weight is 321 g/mol. The summed E-state index contributed by atoms with van der Waals surface area (Å²) in [6.07, 6.45) is -0.250. The first-order valence-electron chi connectivity index (χ1n) is 7.91. The van der Waals surface area contributed by atoms with Crippen molar-refractivity contribution in [1.29, 1.82) is 0 Å². The highest BCUT2D eigenvalue weighted by Crippen LogP contribution is 2.23. The van der Waals surface area contributed by atoms with E-state index in [-0.39, 0.29) is 19.3 Å². The number of carbonyl (C=O) groups is 2. The van der Waals surface area contributed by atoms with E-state index in [1.807, 2.05) is 37.3 Å². The first kappa shape index (κ1) is 17.3. The molecule has 126 valence electrons. The molecule has 2 unspecified atom stereocenters. The van der Waals surface area contributed by atoms with Crippen molar-refractivity contribution in [1.82, 2.24) is 4.90 Å². The van der Waals surface area contributed by atoms with Crippen LogP contribution in [0.4, 0.5) is 4.79 Å². The molecular formula is C17H23NO5. The Morgan fingerprint density at radius 3 is 2.52 bits per heavy atom. The van der Waals surface area contributed by atoms with E-state index in [1.165, 1.54) is 4.90 Å². The normalized spacial score (nSPS) is 20.3. The lowest BCUT2D eigenvalue weighted by atomic mass is 10.2. The van der Waals surface area contributed by atoms with E-state index in [2.05, 4.69) is 0 Å². The Labute approximate surface area is 136 Å². The number of esters is 1. The Hall–Kier alpha value is -2.08. The summed E-state index contributed by atoms with van der Waals surface area (Å²) in [5.74, 6) is -0.411. The maximum atomic E-state index is 12.3. The zero-order valence-corrected chi connectivity index (χ0v) is 13.6. The second-order valence-electron chi connectivity index (χ2n) is 5.27. The van der Waals surface area contributed by atoms with E-state index in [9.17, 15) is 9.59 Å². The Balaban J connectivity index is 1.98. The van der Waals surface area contributed by atoms with Gasteiger partial charge in [0, 0.05) is 13.0 Å². The van der Waals surface area contributed by atoms with Crippen LogP contribution in [-0.4, -0.2) is 48.9 Å². The summed E-state index contributed by atoms with van der Waals surface area (Å²) < 4.78 is 15.9. The van der Waals surface area contributed by atoms with E-state index in [0.717, 1.165) is 5.56 Å². The fraction of sp³-hybridized carbons (Fsp3) is 0.529. The Morgan fingerprint density at radius 1 is 1.13 bits per heavy atom. The number of amides is 1. The van der Waals surface area contributed by atoms with Crippen LogP contribution in [0.2, 0.25) is 0 Å². The highest BCUT2D eigenvalue weighted by molar-refractivity contribution is 5.82. The van der Waals surface area contributed by atoms with Gasteiger partial charge in [0.05, 0.1) is 19.3 Å². The van der Waals surface area contributed by atoms with Crippen LogP contribution in [-0.2, 0) is 25.6 Å². The smallest absolute Gasteiger partial charge is 0.410 e. The summed E-state index contributed by atoms with van der Waals surface area (Å²) >= 11 is 0. The molecule has 0 radical (unpaired) electrons. The van der Waals surface area contributed by atoms with Gasteiger partial charge in [0.2, 0.25) is 0 Å². The molecule has 1 aliphatic rings. The van der Waals surface area contributed by atoms with Gasteiger partial charge in [0.1, 0.15) is 12.6 Å². The Bertz CT molecular complexity index is 519. The number of nitrogens with zero attached hydrogens (tertiary/aromatic N) is 1. The number of rotatable bonds is 6. The molecule has 2 atom stereocenters. The molecule has 1 aliphatic heterocycles. The molecule has 1 aromatic carbocycles. The van der Waals surface area contributed by atoms with E-state index in [1.54, 1.807) is 6.92 Å². The SMILES string of the molecule is CCOC(=O)C1CC(OCC)CN1C(=O)OCc1ccccc1. The number of hydrogen-bond acceptors (Lipinski definition) is 5. The van der Waals surface area contributed by atoms with Crippen molar-refractivity contribution in [3.8, 4) is 0 Å². The standard InChI is InChI=1S/C17H23NO5/c1-3-21-14-10-15(16(19)22-4-2)18(11-14)17(20)23-12-13-8-6-5-7-9-13/h5-9,14-15H,3-4,10-12H2,1-2H3. The molecule has 0 aromatic heterocycles. The van der Waals surface area contributed by atoms with E-state index in [4.69, 9.17) is 14.2 Å². The monoisotopic (exact) mass is 321 g/mol. The second kappa shape index (κ2) is 8.53. The van der Waals surface area contributed by atoms with Crippen LogP contribution in [0.3, 0.4) is 0 Å². The van der Waals surface area contributed by atoms with E-state index < -0.39 is 18.1 Å². The predicted molar refractivity (Wildman–Crippen MR) is 83.8 cm³/mol. The minimum atomic E-state index is -0.644. The van der Waals surface area contributed by atoms with E-state index in [0.29, 0.717) is 19.6 Å². The lowest BCUT2D eigenvalue weighted by Crippen LogP contribution is -2.41. The van der Waals surface area contributed by atoms with Crippen molar-refractivity contribution in [2.75, 3.05) is 19.8 Å². The zero-order chi connectivity index (χ0) is 16.7. The molecule has 2 rings (SSSR count). The number of hydrogen-bond donors (Lipinski definition) is 0. The minimum absolute atomic E-state index is 0.168. The summed E-state index contributed by atoms with van der Waals surface area (Å²) in [5, 5.41) is 0. The molecular weight excluding hydrogens is 298 g/mol. The van der Waals surface area contributed by atoms with Gasteiger partial charge in [0.25, 0.3) is 0 Å². The molecule has 0 N–H and O–H groups in total. The van der Waals surface area contributed by atoms with Crippen molar-refractivity contribution >= 4 is 12.1 Å². The van der Waals surface area contributed by atoms with Crippen LogP contribution in [0.1, 0.15) is 25.8 Å². The lowest BCUT2D eigenvalue weighted by molar-refractivity contribution is -0.148. The molecule has 0 aliphatic carbocycles. The third-order valence-corrected chi connectivity index (χ3v) is 3.66. The molecule has 23 heavy (non-hydrogen) atoms. The van der Waals surface area contributed by atoms with Crippen LogP contribution in [0.25, 0.3) is 0 Å². The Kier molecular flexibility index (Phi) is 6.40. The van der Waals surface area contributed by atoms with Gasteiger partial charge >= 0.3 is 12.1 Å². The molecule has 1 fully saturated rings. The number of likely N-dealkylation sites (tertiary alicyclic amines) is 1. The van der Waals surface area contributed by atoms with Gasteiger partial charge in [-0.2, -0.15) is 0 Å². The summed E-state index contributed by atoms with van der Waals surface area (Å²) in [6.45, 7) is 4.95. The van der Waals surface area contributed by atoms with E-state index >= 15 is 0 Å². The van der Waals surface area contributed by atoms with Gasteiger partial charge in [-0.3, -0.25) is 4.90 Å². The Morgan fingerprint density at radius 2 is 1.87 bits per heavy atom. The van der Waals surface area contributed by atoms with Crippen LogP contribution >= 0.6 is 0 Å². The average Bonchev–Trinajstić information content (AvgIpc) is 2.98. The third kappa shape index (κ3) is 4.69. The third-order valence-electron chi connectivity index (χ3n) is 3.66. The van der Waals surface area contributed by atoms with Crippen LogP contribution in [0.5, 0.6) is 0 Å². The number of benzene rings is 1. The van der Waals surface area contributed by atoms with Crippen molar-refractivity contribution in [3.63, 3.8) is 0 Å². The number of ether oxygens (including phenoxy) is 3. The van der Waals surface area contributed by atoms with Gasteiger partial charge in [-0.1, -0.05) is 30.3 Å². The first-order chi connectivity index (χ1) is 11.2. The zero-order valence-electron chi connectivity index (χ0n) is 13.6. The summed E-state index contributed by atoms with van der Waals surface area (Å²) in [7, 11) is 0. The van der Waals surface area contributed by atoms with Crippen molar-refractivity contribution in [3.05, 3.63) is 35.9 Å². The van der Waals surface area contributed by atoms with Crippen LogP contribution in [0.15, 0.2) is 30.3 Å². The first-order valence-corrected chi connectivity index (χ1v) is 7.91. The summed E-state index contributed by atoms with van der Waals surface area (Å²) in [6, 6.07) is 8.77. The van der Waals surface area contributed by atoms with Crippen molar-refractivity contribution < 1.29 is 23.8 Å². The molecule has 1 saturated heterocycles. The second-order valence-corrected chi connectivity index (χ2v) is 5.27. The largest absolute Gasteiger partial charge is 0.464 e. The summed E-state index contributed by atoms with van der Waals surface area (Å²) in [4.78, 5) is 25.8. The predicted octanol–water partition coefficient (Wildman–Crippen LogP) is 2.37. The molecule has 0 saturated carbocycles. The molecule has 6 nitrogen and oxygen atoms in total. The quantitative estimate of drug-likeness (QED) is 0.753. The highest BCUT2D eigenvalue weighted by Gasteiger charge is 2.41. The summed E-state index contributed by atoms with van der Waals surface area (Å²) in [5.41, 5.74) is 0.897. The lowest BCUT2D eigenvalue weighted by Gasteiger charge is -2.22. The van der Waals surface area contributed by atoms with Gasteiger partial charge in [-0.15, -0.1) is 0 Å². The van der Waals surface area contributed by atoms with Gasteiger partial charge in [-0.25, -0.2) is 9.59 Å². The maximum Gasteiger partial charge on any atom is 0.410 e. The fourth-order valence-corrected chi connectivity index (χ4v) is 2.62. The highest BCUT2D eigenvalue weighted by atomic mass is 16.6.